The van der Waals surface area contributed by atoms with Crippen molar-refractivity contribution in [1.29, 1.82) is 0 Å². The van der Waals surface area contributed by atoms with E-state index in [0.717, 1.165) is 18.5 Å². The highest BCUT2D eigenvalue weighted by Crippen LogP contribution is 2.25. The van der Waals surface area contributed by atoms with E-state index in [1.807, 2.05) is 18.2 Å². The molecule has 0 aromatic heterocycles. The number of nitrogens with two attached hydrogens (primary N) is 1. The number of nitrogens with one attached hydrogen (secondary N) is 1. The normalized spacial score (nSPS) is 19.4. The molecule has 0 radical (unpaired) electrons. The van der Waals surface area contributed by atoms with Gasteiger partial charge in [0, 0.05) is 12.2 Å². The molecule has 0 bridgehead atoms. The fraction of sp³-hybridized carbons (Fsp3) is 0.364. The van der Waals surface area contributed by atoms with E-state index in [0.29, 0.717) is 5.69 Å². The number of methoxy groups -OCH3 is 1. The number of hydrogen-bond acceptors (Lipinski definition) is 4. The summed E-state index contributed by atoms with van der Waals surface area (Å²) in [6.45, 7) is 0.788. The first-order valence-electron chi connectivity index (χ1n) is 4.92. The molecule has 0 amide bonds. The first-order chi connectivity index (χ1) is 7.22. The van der Waals surface area contributed by atoms with Crippen molar-refractivity contribution in [2.75, 3.05) is 19.4 Å². The Bertz CT molecular complexity index is 390. The molecule has 1 aromatic rings. The summed E-state index contributed by atoms with van der Waals surface area (Å²) in [4.78, 5) is 11.5. The van der Waals surface area contributed by atoms with Crippen molar-refractivity contribution in [1.82, 2.24) is 5.32 Å². The number of carbonyl (C=O) groups is 1. The van der Waals surface area contributed by atoms with Crippen LogP contribution in [0.2, 0.25) is 0 Å². The molecule has 0 aliphatic carbocycles. The van der Waals surface area contributed by atoms with Gasteiger partial charge in [-0.3, -0.25) is 0 Å². The summed E-state index contributed by atoms with van der Waals surface area (Å²) in [5.41, 5.74) is 8.48. The number of fused-ring (bicyclic) bond motifs is 1. The molecule has 1 heterocycles. The van der Waals surface area contributed by atoms with Crippen molar-refractivity contribution in [3.05, 3.63) is 29.3 Å². The highest BCUT2D eigenvalue weighted by Gasteiger charge is 2.26. The van der Waals surface area contributed by atoms with E-state index in [1.165, 1.54) is 12.7 Å². The molecule has 0 unspecified atom stereocenters. The Kier molecular flexibility index (Phi) is 2.60. The third-order valence-electron chi connectivity index (χ3n) is 2.66. The van der Waals surface area contributed by atoms with Crippen LogP contribution in [-0.2, 0) is 16.0 Å². The van der Waals surface area contributed by atoms with Crippen molar-refractivity contribution >= 4 is 11.7 Å². The summed E-state index contributed by atoms with van der Waals surface area (Å²) in [5, 5.41) is 3.12. The van der Waals surface area contributed by atoms with Crippen molar-refractivity contribution in [3.63, 3.8) is 0 Å². The first-order valence-corrected chi connectivity index (χ1v) is 4.92. The Morgan fingerprint density at radius 1 is 1.60 bits per heavy atom. The van der Waals surface area contributed by atoms with Gasteiger partial charge < -0.3 is 15.8 Å². The van der Waals surface area contributed by atoms with Crippen molar-refractivity contribution in [3.8, 4) is 0 Å². The number of nitrogen functional groups attached to an aromatic ring is 1. The third-order valence-corrected chi connectivity index (χ3v) is 2.66. The lowest BCUT2D eigenvalue weighted by molar-refractivity contribution is -0.143. The summed E-state index contributed by atoms with van der Waals surface area (Å²) in [5.74, 6) is -0.262. The van der Waals surface area contributed by atoms with E-state index < -0.39 is 0 Å². The van der Waals surface area contributed by atoms with Crippen LogP contribution < -0.4 is 11.1 Å². The maximum absolute atomic E-state index is 11.5. The average molecular weight is 206 g/mol. The predicted octanol–water partition coefficient (Wildman–Crippen LogP) is 0.629. The number of esters is 1. The Hall–Kier alpha value is -1.55. The van der Waals surface area contributed by atoms with Gasteiger partial charge in [-0.2, -0.15) is 0 Å². The average Bonchev–Trinajstić information content (AvgIpc) is 2.27. The zero-order chi connectivity index (χ0) is 10.8. The minimum absolute atomic E-state index is 0.262. The van der Waals surface area contributed by atoms with Gasteiger partial charge in [-0.15, -0.1) is 0 Å². The Morgan fingerprint density at radius 3 is 3.13 bits per heavy atom. The standard InChI is InChI=1S/C11H14N2O2/c1-15-11(14)10-9-6-8(12)3-2-7(9)4-5-13-10/h2-3,6,10,13H,4-5,12H2,1H3/t10-/m0/s1. The van der Waals surface area contributed by atoms with Crippen molar-refractivity contribution in [2.24, 2.45) is 0 Å². The summed E-state index contributed by atoms with van der Waals surface area (Å²) in [7, 11) is 1.39. The lowest BCUT2D eigenvalue weighted by atomic mass is 9.94. The number of anilines is 1. The third kappa shape index (κ3) is 1.80. The monoisotopic (exact) mass is 206 g/mol. The summed E-state index contributed by atoms with van der Waals surface area (Å²) < 4.78 is 4.74. The minimum Gasteiger partial charge on any atom is -0.468 e. The van der Waals surface area contributed by atoms with E-state index in [-0.39, 0.29) is 12.0 Å². The molecule has 0 saturated carbocycles. The quantitative estimate of drug-likeness (QED) is 0.522. The molecule has 1 aromatic carbocycles. The molecule has 80 valence electrons. The molecule has 15 heavy (non-hydrogen) atoms. The summed E-state index contributed by atoms with van der Waals surface area (Å²) in [6, 6.07) is 5.30. The van der Waals surface area contributed by atoms with E-state index in [1.54, 1.807) is 0 Å². The molecule has 1 aliphatic rings. The molecule has 3 N–H and O–H groups in total. The molecular formula is C11H14N2O2. The lowest BCUT2D eigenvalue weighted by Gasteiger charge is -2.25. The van der Waals surface area contributed by atoms with Gasteiger partial charge in [0.15, 0.2) is 0 Å². The molecule has 2 rings (SSSR count). The fourth-order valence-electron chi connectivity index (χ4n) is 1.90. The van der Waals surface area contributed by atoms with Crippen LogP contribution in [0.25, 0.3) is 0 Å². The molecule has 0 saturated heterocycles. The molecule has 4 nitrogen and oxygen atoms in total. The second kappa shape index (κ2) is 3.90. The van der Waals surface area contributed by atoms with Crippen LogP contribution in [0, 0.1) is 0 Å². The molecule has 1 atom stereocenters. The van der Waals surface area contributed by atoms with Crippen LogP contribution in [0.4, 0.5) is 5.69 Å². The second-order valence-corrected chi connectivity index (χ2v) is 3.62. The predicted molar refractivity (Wildman–Crippen MR) is 57.3 cm³/mol. The fourth-order valence-corrected chi connectivity index (χ4v) is 1.90. The topological polar surface area (TPSA) is 64.3 Å². The van der Waals surface area contributed by atoms with Crippen LogP contribution in [0.3, 0.4) is 0 Å². The molecule has 1 aliphatic heterocycles. The summed E-state index contributed by atoms with van der Waals surface area (Å²) >= 11 is 0. The van der Waals surface area contributed by atoms with Gasteiger partial charge in [0.05, 0.1) is 7.11 Å². The molecule has 0 spiro atoms. The van der Waals surface area contributed by atoms with Gasteiger partial charge in [-0.25, -0.2) is 4.79 Å². The van der Waals surface area contributed by atoms with E-state index in [2.05, 4.69) is 5.32 Å². The highest BCUT2D eigenvalue weighted by molar-refractivity contribution is 5.79. The Labute approximate surface area is 88.4 Å². The van der Waals surface area contributed by atoms with Crippen molar-refractivity contribution in [2.45, 2.75) is 12.5 Å². The van der Waals surface area contributed by atoms with Crippen LogP contribution in [0.5, 0.6) is 0 Å². The number of carbonyl (C=O) groups excluding carboxylic acids is 1. The van der Waals surface area contributed by atoms with E-state index >= 15 is 0 Å². The van der Waals surface area contributed by atoms with Gasteiger partial charge in [-0.1, -0.05) is 6.07 Å². The first kappa shape index (κ1) is 9.98. The zero-order valence-electron chi connectivity index (χ0n) is 8.62. The van der Waals surface area contributed by atoms with Crippen LogP contribution in [0.1, 0.15) is 17.2 Å². The van der Waals surface area contributed by atoms with E-state index in [9.17, 15) is 4.79 Å². The van der Waals surface area contributed by atoms with Gasteiger partial charge in [0.25, 0.3) is 0 Å². The molecular weight excluding hydrogens is 192 g/mol. The number of hydrogen-bond donors (Lipinski definition) is 2. The van der Waals surface area contributed by atoms with Gasteiger partial charge in [-0.05, 0) is 29.7 Å². The number of ether oxygens (including phenoxy) is 1. The van der Waals surface area contributed by atoms with E-state index in [4.69, 9.17) is 10.5 Å². The largest absolute Gasteiger partial charge is 0.468 e. The lowest BCUT2D eigenvalue weighted by Crippen LogP contribution is -2.35. The van der Waals surface area contributed by atoms with Gasteiger partial charge >= 0.3 is 5.97 Å². The summed E-state index contributed by atoms with van der Waals surface area (Å²) in [6.07, 6.45) is 0.920. The maximum atomic E-state index is 11.5. The zero-order valence-corrected chi connectivity index (χ0v) is 8.62. The molecule has 4 heteroatoms. The smallest absolute Gasteiger partial charge is 0.327 e. The molecule has 0 fully saturated rings. The van der Waals surface area contributed by atoms with Gasteiger partial charge in [0.2, 0.25) is 0 Å². The van der Waals surface area contributed by atoms with Crippen LogP contribution in [0.15, 0.2) is 18.2 Å². The maximum Gasteiger partial charge on any atom is 0.327 e. The highest BCUT2D eigenvalue weighted by atomic mass is 16.5. The Balaban J connectivity index is 2.40. The number of rotatable bonds is 1. The second-order valence-electron chi connectivity index (χ2n) is 3.62. The van der Waals surface area contributed by atoms with Crippen molar-refractivity contribution < 1.29 is 9.53 Å². The Morgan fingerprint density at radius 2 is 2.40 bits per heavy atom. The van der Waals surface area contributed by atoms with Crippen LogP contribution in [-0.4, -0.2) is 19.6 Å². The SMILES string of the molecule is COC(=O)[C@H]1NCCc2ccc(N)cc21. The van der Waals surface area contributed by atoms with Crippen LogP contribution >= 0.6 is 0 Å². The minimum atomic E-state index is -0.373. The number of benzene rings is 1. The van der Waals surface area contributed by atoms with Gasteiger partial charge in [0.1, 0.15) is 6.04 Å².